The van der Waals surface area contributed by atoms with Crippen LogP contribution in [0.25, 0.3) is 11.3 Å². The number of hydrogen-bond donors (Lipinski definition) is 1. The summed E-state index contributed by atoms with van der Waals surface area (Å²) in [5.74, 6) is -2.69. The van der Waals surface area contributed by atoms with E-state index in [-0.39, 0.29) is 17.9 Å². The first-order valence-corrected chi connectivity index (χ1v) is 11.0. The quantitative estimate of drug-likeness (QED) is 0.424. The van der Waals surface area contributed by atoms with Crippen molar-refractivity contribution in [3.63, 3.8) is 0 Å². The summed E-state index contributed by atoms with van der Waals surface area (Å²) in [4.78, 5) is 12.3. The van der Waals surface area contributed by atoms with Crippen molar-refractivity contribution < 1.29 is 37.6 Å². The first kappa shape index (κ1) is 23.8. The number of rotatable bonds is 4. The fraction of sp³-hybridized carbons (Fsp3) is 0.348. The highest BCUT2D eigenvalue weighted by atomic mass is 35.5. The zero-order valence-electron chi connectivity index (χ0n) is 18.3. The van der Waals surface area contributed by atoms with E-state index in [1.807, 2.05) is 30.3 Å². The second kappa shape index (κ2) is 9.59. The van der Waals surface area contributed by atoms with E-state index < -0.39 is 59.4 Å². The molecule has 2 fully saturated rings. The summed E-state index contributed by atoms with van der Waals surface area (Å²) >= 11 is 5.57. The highest BCUT2D eigenvalue weighted by molar-refractivity contribution is 6.31. The van der Waals surface area contributed by atoms with Crippen molar-refractivity contribution in [1.29, 1.82) is 0 Å². The molecule has 3 heterocycles. The zero-order valence-corrected chi connectivity index (χ0v) is 19.0. The number of fused-ring (bicyclic) bond motifs is 1. The molecule has 2 saturated heterocycles. The summed E-state index contributed by atoms with van der Waals surface area (Å²) in [6.07, 6.45) is -3.70. The molecular weight excluding hydrogens is 488 g/mol. The molecule has 2 aliphatic heterocycles. The minimum Gasteiger partial charge on any atom is -0.467 e. The number of aliphatic hydroxyl groups is 1. The van der Waals surface area contributed by atoms with E-state index in [4.69, 9.17) is 30.5 Å². The van der Waals surface area contributed by atoms with Crippen molar-refractivity contribution in [2.24, 2.45) is 0 Å². The van der Waals surface area contributed by atoms with Gasteiger partial charge in [0.2, 0.25) is 0 Å². The van der Waals surface area contributed by atoms with Gasteiger partial charge in [0.1, 0.15) is 46.7 Å². The number of carbonyl (C=O) groups excluding carboxylic acids is 1. The molecule has 3 aromatic rings. The van der Waals surface area contributed by atoms with E-state index in [1.54, 1.807) is 0 Å². The Kier molecular flexibility index (Phi) is 6.51. The number of ether oxygens (including phenoxy) is 4. The van der Waals surface area contributed by atoms with Gasteiger partial charge in [0.25, 0.3) is 0 Å². The predicted octanol–water partition coefficient (Wildman–Crippen LogP) is 2.83. The van der Waals surface area contributed by atoms with Crippen LogP contribution in [0.3, 0.4) is 0 Å². The third-order valence-corrected chi connectivity index (χ3v) is 6.34. The monoisotopic (exact) mass is 507 g/mol. The van der Waals surface area contributed by atoms with Crippen LogP contribution in [0.4, 0.5) is 8.78 Å². The maximum Gasteiger partial charge on any atom is 0.337 e. The van der Waals surface area contributed by atoms with Gasteiger partial charge < -0.3 is 24.1 Å². The SMILES string of the molecule is COC(=O)[C@@H]1O[C@@H]2COC(c3ccccc3)O[C@@H]2[C@H](n2cc(-c3cc(F)c(Cl)c(F)c3)nn2)[C@H]1O. The molecule has 0 radical (unpaired) electrons. The molecule has 0 amide bonds. The first-order valence-electron chi connectivity index (χ1n) is 10.7. The maximum absolute atomic E-state index is 14.0. The standard InChI is InChI=1S/C23H20ClF2N3O6/c1-32-22(31)21-19(30)18(20-16(34-21)10-33-23(35-20)11-5-3-2-4-6-11)29-9-15(27-28-29)12-7-13(25)17(24)14(26)8-12/h2-9,16,18-21,23,30H,10H2,1H3/t16-,18-,19-,20+,21-,23?/m1/s1. The molecule has 6 atom stereocenters. The first-order chi connectivity index (χ1) is 16.9. The molecule has 0 bridgehead atoms. The van der Waals surface area contributed by atoms with Crippen LogP contribution in [0.1, 0.15) is 17.9 Å². The van der Waals surface area contributed by atoms with Gasteiger partial charge in [0.15, 0.2) is 12.4 Å². The van der Waals surface area contributed by atoms with E-state index in [0.29, 0.717) is 0 Å². The molecule has 1 aromatic heterocycles. The molecule has 1 unspecified atom stereocenters. The number of halogens is 3. The van der Waals surface area contributed by atoms with Crippen LogP contribution in [-0.4, -0.2) is 64.2 Å². The summed E-state index contributed by atoms with van der Waals surface area (Å²) in [6.45, 7) is 0.0656. The van der Waals surface area contributed by atoms with Crippen molar-refractivity contribution >= 4 is 17.6 Å². The van der Waals surface area contributed by atoms with Crippen LogP contribution in [0, 0.1) is 11.6 Å². The number of aromatic nitrogens is 3. The fourth-order valence-corrected chi connectivity index (χ4v) is 4.38. The highest BCUT2D eigenvalue weighted by Gasteiger charge is 2.53. The molecule has 0 saturated carbocycles. The lowest BCUT2D eigenvalue weighted by Gasteiger charge is -2.47. The molecule has 2 aromatic carbocycles. The molecule has 184 valence electrons. The van der Waals surface area contributed by atoms with Gasteiger partial charge >= 0.3 is 5.97 Å². The van der Waals surface area contributed by atoms with Crippen molar-refractivity contribution in [3.8, 4) is 11.3 Å². The number of benzene rings is 2. The Labute approximate surface area is 203 Å². The predicted molar refractivity (Wildman–Crippen MR) is 116 cm³/mol. The number of esters is 1. The number of carbonyl (C=O) groups is 1. The van der Waals surface area contributed by atoms with Crippen molar-refractivity contribution in [3.05, 3.63) is 70.9 Å². The highest BCUT2D eigenvalue weighted by Crippen LogP contribution is 2.39. The van der Waals surface area contributed by atoms with E-state index in [2.05, 4.69) is 10.3 Å². The zero-order chi connectivity index (χ0) is 24.7. The van der Waals surface area contributed by atoms with Gasteiger partial charge in [0.05, 0.1) is 19.9 Å². The summed E-state index contributed by atoms with van der Waals surface area (Å²) in [5, 5.41) is 18.5. The molecule has 0 aliphatic carbocycles. The number of hydrogen-bond acceptors (Lipinski definition) is 8. The van der Waals surface area contributed by atoms with Crippen LogP contribution in [-0.2, 0) is 23.7 Å². The van der Waals surface area contributed by atoms with Gasteiger partial charge in [-0.05, 0) is 12.1 Å². The lowest BCUT2D eigenvalue weighted by atomic mass is 9.91. The van der Waals surface area contributed by atoms with E-state index in [1.165, 1.54) is 18.0 Å². The molecule has 35 heavy (non-hydrogen) atoms. The smallest absolute Gasteiger partial charge is 0.337 e. The van der Waals surface area contributed by atoms with Crippen LogP contribution < -0.4 is 0 Å². The van der Waals surface area contributed by atoms with Crippen molar-refractivity contribution in [1.82, 2.24) is 15.0 Å². The topological polar surface area (TPSA) is 105 Å². The van der Waals surface area contributed by atoms with Crippen LogP contribution in [0.5, 0.6) is 0 Å². The Morgan fingerprint density at radius 2 is 1.91 bits per heavy atom. The lowest BCUT2D eigenvalue weighted by Crippen LogP contribution is -2.61. The third-order valence-electron chi connectivity index (χ3n) is 5.98. The summed E-state index contributed by atoms with van der Waals surface area (Å²) in [5.41, 5.74) is 0.963. The van der Waals surface area contributed by atoms with Gasteiger partial charge in [-0.3, -0.25) is 0 Å². The van der Waals surface area contributed by atoms with E-state index >= 15 is 0 Å². The van der Waals surface area contributed by atoms with Gasteiger partial charge in [-0.2, -0.15) is 0 Å². The molecule has 0 spiro atoms. The average Bonchev–Trinajstić information content (AvgIpc) is 3.36. The van der Waals surface area contributed by atoms with Crippen molar-refractivity contribution in [2.45, 2.75) is 36.7 Å². The number of nitrogens with zero attached hydrogens (tertiary/aromatic N) is 3. The Hall–Kier alpha value is -2.96. The normalized spacial score (nSPS) is 28.4. The molecule has 9 nitrogen and oxygen atoms in total. The van der Waals surface area contributed by atoms with E-state index in [0.717, 1.165) is 17.7 Å². The minimum absolute atomic E-state index is 0.0656. The molecule has 1 N–H and O–H groups in total. The Morgan fingerprint density at radius 1 is 1.20 bits per heavy atom. The number of aliphatic hydroxyl groups excluding tert-OH is 1. The van der Waals surface area contributed by atoms with Crippen LogP contribution in [0.15, 0.2) is 48.7 Å². The lowest BCUT2D eigenvalue weighted by molar-refractivity contribution is -0.314. The van der Waals surface area contributed by atoms with Gasteiger partial charge in [-0.25, -0.2) is 18.3 Å². The summed E-state index contributed by atoms with van der Waals surface area (Å²) in [6, 6.07) is 10.3. The second-order valence-electron chi connectivity index (χ2n) is 8.11. The van der Waals surface area contributed by atoms with Crippen molar-refractivity contribution in [2.75, 3.05) is 13.7 Å². The molecule has 2 aliphatic rings. The fourth-order valence-electron chi connectivity index (χ4n) is 4.27. The Bertz CT molecular complexity index is 1210. The largest absolute Gasteiger partial charge is 0.467 e. The van der Waals surface area contributed by atoms with Gasteiger partial charge in [-0.15, -0.1) is 5.10 Å². The summed E-state index contributed by atoms with van der Waals surface area (Å²) in [7, 11) is 1.18. The van der Waals surface area contributed by atoms with Crippen LogP contribution in [0.2, 0.25) is 5.02 Å². The van der Waals surface area contributed by atoms with E-state index in [9.17, 15) is 18.7 Å². The van der Waals surface area contributed by atoms with Crippen LogP contribution >= 0.6 is 11.6 Å². The Morgan fingerprint density at radius 3 is 2.60 bits per heavy atom. The molecular formula is C23H20ClF2N3O6. The number of methoxy groups -OCH3 is 1. The van der Waals surface area contributed by atoms with Gasteiger partial charge in [0, 0.05) is 11.1 Å². The molecule has 5 rings (SSSR count). The Balaban J connectivity index is 1.50. The molecule has 12 heteroatoms. The van der Waals surface area contributed by atoms with Gasteiger partial charge in [-0.1, -0.05) is 47.1 Å². The average molecular weight is 508 g/mol. The minimum atomic E-state index is -1.44. The third kappa shape index (κ3) is 4.41. The second-order valence-corrected chi connectivity index (χ2v) is 8.49. The summed E-state index contributed by atoms with van der Waals surface area (Å²) < 4.78 is 51.8. The maximum atomic E-state index is 14.0.